The summed E-state index contributed by atoms with van der Waals surface area (Å²) in [4.78, 5) is 9.42. The highest BCUT2D eigenvalue weighted by Crippen LogP contribution is 2.17. The van der Waals surface area contributed by atoms with Crippen LogP contribution in [0.1, 0.15) is 6.92 Å². The molecule has 3 rings (SSSR count). The summed E-state index contributed by atoms with van der Waals surface area (Å²) in [5.41, 5.74) is 8.24. The average molecular weight is 367 g/mol. The number of methoxy groups -OCH3 is 1. The van der Waals surface area contributed by atoms with E-state index < -0.39 is 0 Å². The number of hydrogen-bond donors (Lipinski definition) is 2. The van der Waals surface area contributed by atoms with E-state index in [4.69, 9.17) is 10.5 Å². The molecule has 1 atom stereocenters. The van der Waals surface area contributed by atoms with E-state index >= 15 is 0 Å². The molecule has 6 heteroatoms. The average Bonchev–Trinajstić information content (AvgIpc) is 2.73. The molecule has 6 nitrogen and oxygen atoms in total. The van der Waals surface area contributed by atoms with E-state index in [1.165, 1.54) is 5.69 Å². The highest BCUT2D eigenvalue weighted by Gasteiger charge is 2.20. The molecule has 1 unspecified atom stereocenters. The van der Waals surface area contributed by atoms with E-state index in [0.29, 0.717) is 18.5 Å². The van der Waals surface area contributed by atoms with Crippen molar-refractivity contribution in [3.8, 4) is 5.75 Å². The third-order valence-electron chi connectivity index (χ3n) is 4.95. The molecule has 2 aromatic rings. The summed E-state index contributed by atoms with van der Waals surface area (Å²) in [5, 5.41) is 3.13. The van der Waals surface area contributed by atoms with Crippen molar-refractivity contribution in [2.75, 3.05) is 50.1 Å². The first kappa shape index (κ1) is 19.0. The van der Waals surface area contributed by atoms with Gasteiger partial charge in [-0.3, -0.25) is 9.89 Å². The van der Waals surface area contributed by atoms with Crippen molar-refractivity contribution in [1.29, 1.82) is 0 Å². The molecule has 0 radical (unpaired) electrons. The molecule has 0 amide bonds. The molecule has 3 N–H and O–H groups in total. The molecule has 144 valence electrons. The number of benzene rings is 2. The molecule has 1 fully saturated rings. The van der Waals surface area contributed by atoms with Gasteiger partial charge in [-0.1, -0.05) is 18.2 Å². The van der Waals surface area contributed by atoms with Crippen LogP contribution < -0.4 is 20.7 Å². The lowest BCUT2D eigenvalue weighted by molar-refractivity contribution is 0.201. The second-order valence-corrected chi connectivity index (χ2v) is 6.79. The minimum absolute atomic E-state index is 0.360. The minimum Gasteiger partial charge on any atom is -0.497 e. The lowest BCUT2D eigenvalue weighted by atomic mass is 10.2. The van der Waals surface area contributed by atoms with Crippen molar-refractivity contribution >= 4 is 17.3 Å². The zero-order chi connectivity index (χ0) is 19.1. The SMILES string of the molecule is COc1ccc(NC(N)=NCC(C)N2CCN(c3ccccc3)CC2)cc1. The normalized spacial score (nSPS) is 16.8. The summed E-state index contributed by atoms with van der Waals surface area (Å²) < 4.78 is 5.16. The number of piperazine rings is 1. The summed E-state index contributed by atoms with van der Waals surface area (Å²) in [6.45, 7) is 7.05. The van der Waals surface area contributed by atoms with Crippen molar-refractivity contribution < 1.29 is 4.74 Å². The minimum atomic E-state index is 0.360. The topological polar surface area (TPSA) is 66.1 Å². The second kappa shape index (κ2) is 9.28. The van der Waals surface area contributed by atoms with Crippen molar-refractivity contribution in [3.05, 3.63) is 54.6 Å². The van der Waals surface area contributed by atoms with Crippen LogP contribution in [0.4, 0.5) is 11.4 Å². The van der Waals surface area contributed by atoms with E-state index in [1.54, 1.807) is 7.11 Å². The summed E-state index contributed by atoms with van der Waals surface area (Å²) in [6.07, 6.45) is 0. The largest absolute Gasteiger partial charge is 0.497 e. The van der Waals surface area contributed by atoms with Gasteiger partial charge in [0.25, 0.3) is 0 Å². The van der Waals surface area contributed by atoms with Gasteiger partial charge in [0.1, 0.15) is 5.75 Å². The predicted molar refractivity (Wildman–Crippen MR) is 113 cm³/mol. The molecule has 0 aromatic heterocycles. The highest BCUT2D eigenvalue weighted by atomic mass is 16.5. The van der Waals surface area contributed by atoms with Crippen molar-refractivity contribution in [2.45, 2.75) is 13.0 Å². The van der Waals surface area contributed by atoms with E-state index in [9.17, 15) is 0 Å². The monoisotopic (exact) mass is 367 g/mol. The predicted octanol–water partition coefficient (Wildman–Crippen LogP) is 2.63. The van der Waals surface area contributed by atoms with Crippen molar-refractivity contribution in [3.63, 3.8) is 0 Å². The number of guanidine groups is 1. The fourth-order valence-corrected chi connectivity index (χ4v) is 3.27. The maximum atomic E-state index is 6.03. The first-order chi connectivity index (χ1) is 13.2. The third-order valence-corrected chi connectivity index (χ3v) is 4.95. The van der Waals surface area contributed by atoms with Gasteiger partial charge in [-0.2, -0.15) is 0 Å². The summed E-state index contributed by atoms with van der Waals surface area (Å²) in [7, 11) is 1.65. The Balaban J connectivity index is 1.45. The number of anilines is 2. The Morgan fingerprint density at radius 2 is 1.74 bits per heavy atom. The van der Waals surface area contributed by atoms with Crippen LogP contribution in [0.2, 0.25) is 0 Å². The van der Waals surface area contributed by atoms with Gasteiger partial charge in [-0.25, -0.2) is 0 Å². The second-order valence-electron chi connectivity index (χ2n) is 6.79. The van der Waals surface area contributed by atoms with Crippen LogP contribution in [0.3, 0.4) is 0 Å². The first-order valence-electron chi connectivity index (χ1n) is 9.41. The number of nitrogens with one attached hydrogen (secondary N) is 1. The van der Waals surface area contributed by atoms with Crippen LogP contribution in [-0.2, 0) is 0 Å². The standard InChI is InChI=1S/C21H29N5O/c1-17(16-23-21(22)24-18-8-10-20(27-2)11-9-18)25-12-14-26(15-13-25)19-6-4-3-5-7-19/h3-11,17H,12-16H2,1-2H3,(H3,22,23,24). The molecular formula is C21H29N5O. The molecule has 1 aliphatic heterocycles. The molecule has 27 heavy (non-hydrogen) atoms. The van der Waals surface area contributed by atoms with E-state index in [-0.39, 0.29) is 0 Å². The van der Waals surface area contributed by atoms with Gasteiger partial charge in [0.05, 0.1) is 13.7 Å². The Bertz CT molecular complexity index is 724. The van der Waals surface area contributed by atoms with Gasteiger partial charge in [-0.15, -0.1) is 0 Å². The Hall–Kier alpha value is -2.73. The molecule has 0 bridgehead atoms. The molecule has 1 saturated heterocycles. The third kappa shape index (κ3) is 5.37. The number of para-hydroxylation sites is 1. The van der Waals surface area contributed by atoms with Crippen LogP contribution in [0.5, 0.6) is 5.75 Å². The lowest BCUT2D eigenvalue weighted by Crippen LogP contribution is -2.50. The van der Waals surface area contributed by atoms with Gasteiger partial charge in [0.15, 0.2) is 5.96 Å². The summed E-state index contributed by atoms with van der Waals surface area (Å²) in [5.74, 6) is 1.26. The maximum absolute atomic E-state index is 6.03. The summed E-state index contributed by atoms with van der Waals surface area (Å²) >= 11 is 0. The van der Waals surface area contributed by atoms with E-state index in [0.717, 1.165) is 37.6 Å². The molecule has 0 spiro atoms. The molecule has 0 aliphatic carbocycles. The Kier molecular flexibility index (Phi) is 6.54. The quantitative estimate of drug-likeness (QED) is 0.607. The first-order valence-corrected chi connectivity index (χ1v) is 9.41. The fraction of sp³-hybridized carbons (Fsp3) is 0.381. The molecule has 1 aliphatic rings. The molecule has 0 saturated carbocycles. The van der Waals surface area contributed by atoms with Gasteiger partial charge >= 0.3 is 0 Å². The number of ether oxygens (including phenoxy) is 1. The number of rotatable bonds is 6. The van der Waals surface area contributed by atoms with Crippen LogP contribution in [0.25, 0.3) is 0 Å². The number of hydrogen-bond acceptors (Lipinski definition) is 4. The van der Waals surface area contributed by atoms with Crippen LogP contribution in [0, 0.1) is 0 Å². The number of nitrogens with zero attached hydrogens (tertiary/aromatic N) is 3. The van der Waals surface area contributed by atoms with Gasteiger partial charge in [-0.05, 0) is 43.3 Å². The molecule has 1 heterocycles. The Morgan fingerprint density at radius 3 is 2.37 bits per heavy atom. The van der Waals surface area contributed by atoms with Crippen LogP contribution in [-0.4, -0.2) is 56.7 Å². The van der Waals surface area contributed by atoms with Crippen molar-refractivity contribution in [1.82, 2.24) is 4.90 Å². The zero-order valence-electron chi connectivity index (χ0n) is 16.1. The van der Waals surface area contributed by atoms with Crippen molar-refractivity contribution in [2.24, 2.45) is 10.7 Å². The van der Waals surface area contributed by atoms with Gasteiger partial charge in [0.2, 0.25) is 0 Å². The number of nitrogens with two attached hydrogens (primary N) is 1. The Morgan fingerprint density at radius 1 is 1.07 bits per heavy atom. The highest BCUT2D eigenvalue weighted by molar-refractivity contribution is 5.92. The molecule has 2 aromatic carbocycles. The smallest absolute Gasteiger partial charge is 0.193 e. The van der Waals surface area contributed by atoms with Crippen LogP contribution >= 0.6 is 0 Å². The lowest BCUT2D eigenvalue weighted by Gasteiger charge is -2.38. The van der Waals surface area contributed by atoms with Gasteiger partial charge in [0, 0.05) is 43.6 Å². The van der Waals surface area contributed by atoms with Crippen LogP contribution in [0.15, 0.2) is 59.6 Å². The van der Waals surface area contributed by atoms with E-state index in [2.05, 4.69) is 57.4 Å². The summed E-state index contributed by atoms with van der Waals surface area (Å²) in [6, 6.07) is 18.6. The molecular weight excluding hydrogens is 338 g/mol. The van der Waals surface area contributed by atoms with E-state index in [1.807, 2.05) is 24.3 Å². The zero-order valence-corrected chi connectivity index (χ0v) is 16.1. The fourth-order valence-electron chi connectivity index (χ4n) is 3.27. The number of aliphatic imine (C=N–C) groups is 1. The Labute approximate surface area is 161 Å². The van der Waals surface area contributed by atoms with Gasteiger partial charge < -0.3 is 20.7 Å². The maximum Gasteiger partial charge on any atom is 0.193 e.